The topological polar surface area (TPSA) is 20.2 Å². The van der Waals surface area contributed by atoms with Crippen molar-refractivity contribution < 1.29 is 13.9 Å². The van der Waals surface area contributed by atoms with Crippen LogP contribution < -0.4 is 0 Å². The van der Waals surface area contributed by atoms with E-state index in [4.69, 9.17) is 5.11 Å². The number of alkyl halides is 2. The van der Waals surface area contributed by atoms with Crippen molar-refractivity contribution >= 4 is 0 Å². The second-order valence-electron chi connectivity index (χ2n) is 4.41. The van der Waals surface area contributed by atoms with Crippen molar-refractivity contribution in [1.82, 2.24) is 0 Å². The molecule has 0 atom stereocenters. The highest BCUT2D eigenvalue weighted by Crippen LogP contribution is 2.35. The molecule has 0 radical (unpaired) electrons. The fraction of sp³-hybridized carbons (Fsp3) is 0.538. The Hall–Kier alpha value is -0.960. The van der Waals surface area contributed by atoms with Crippen molar-refractivity contribution in [2.24, 2.45) is 0 Å². The summed E-state index contributed by atoms with van der Waals surface area (Å²) in [4.78, 5) is 0. The van der Waals surface area contributed by atoms with Gasteiger partial charge in [0.1, 0.15) is 0 Å². The summed E-state index contributed by atoms with van der Waals surface area (Å²) in [6, 6.07) is 5.14. The van der Waals surface area contributed by atoms with E-state index in [0.29, 0.717) is 5.56 Å². The van der Waals surface area contributed by atoms with Crippen LogP contribution in [0.4, 0.5) is 8.78 Å². The predicted octanol–water partition coefficient (Wildman–Crippen LogP) is 3.59. The van der Waals surface area contributed by atoms with Gasteiger partial charge >= 0.3 is 0 Å². The molecular weight excluding hydrogens is 210 g/mol. The molecule has 1 N–H and O–H groups in total. The van der Waals surface area contributed by atoms with Crippen molar-refractivity contribution in [2.75, 3.05) is 6.61 Å². The van der Waals surface area contributed by atoms with Gasteiger partial charge < -0.3 is 5.11 Å². The number of hydrogen-bond donors (Lipinski definition) is 1. The van der Waals surface area contributed by atoms with E-state index in [-0.39, 0.29) is 11.5 Å². The molecule has 0 heterocycles. The monoisotopic (exact) mass is 228 g/mol. The van der Waals surface area contributed by atoms with Crippen LogP contribution in [0.15, 0.2) is 18.2 Å². The maximum atomic E-state index is 13.7. The van der Waals surface area contributed by atoms with Gasteiger partial charge in [0.2, 0.25) is 0 Å². The summed E-state index contributed by atoms with van der Waals surface area (Å²) in [5.41, 5.74) is 1.51. The van der Waals surface area contributed by atoms with Crippen molar-refractivity contribution in [3.63, 3.8) is 0 Å². The number of aliphatic hydroxyl groups is 1. The molecule has 0 saturated carbocycles. The zero-order valence-corrected chi connectivity index (χ0v) is 9.93. The minimum atomic E-state index is -2.94. The van der Waals surface area contributed by atoms with E-state index in [1.807, 2.05) is 19.9 Å². The lowest BCUT2D eigenvalue weighted by atomic mass is 9.93. The van der Waals surface area contributed by atoms with Crippen LogP contribution in [-0.2, 0) is 5.92 Å². The first-order valence-electron chi connectivity index (χ1n) is 5.48. The molecular formula is C13H18F2O. The molecule has 90 valence electrons. The molecule has 1 aromatic rings. The van der Waals surface area contributed by atoms with Crippen LogP contribution in [0.5, 0.6) is 0 Å². The molecule has 0 aliphatic rings. The maximum Gasteiger partial charge on any atom is 0.275 e. The standard InChI is InChI=1S/C13H18F2O/c1-9(2)11-5-4-10(3)12(8-11)13(14,15)6-7-16/h4-5,8-9,16H,6-7H2,1-3H3. The van der Waals surface area contributed by atoms with Crippen LogP contribution in [0.2, 0.25) is 0 Å². The Morgan fingerprint density at radius 3 is 2.44 bits per heavy atom. The van der Waals surface area contributed by atoms with E-state index in [9.17, 15) is 8.78 Å². The summed E-state index contributed by atoms with van der Waals surface area (Å²) < 4.78 is 27.4. The summed E-state index contributed by atoms with van der Waals surface area (Å²) >= 11 is 0. The Morgan fingerprint density at radius 2 is 1.94 bits per heavy atom. The van der Waals surface area contributed by atoms with Crippen LogP contribution in [0.3, 0.4) is 0 Å². The minimum Gasteiger partial charge on any atom is -0.396 e. The average Bonchev–Trinajstić information content (AvgIpc) is 2.17. The Labute approximate surface area is 95.1 Å². The smallest absolute Gasteiger partial charge is 0.275 e. The lowest BCUT2D eigenvalue weighted by molar-refractivity contribution is -0.0275. The molecule has 0 aromatic heterocycles. The van der Waals surface area contributed by atoms with E-state index in [0.717, 1.165) is 5.56 Å². The minimum absolute atomic E-state index is 0.0350. The molecule has 1 rings (SSSR count). The van der Waals surface area contributed by atoms with E-state index in [2.05, 4.69) is 0 Å². The Balaban J connectivity index is 3.16. The average molecular weight is 228 g/mol. The van der Waals surface area contributed by atoms with Crippen molar-refractivity contribution in [3.8, 4) is 0 Å². The Bertz CT molecular complexity index is 359. The van der Waals surface area contributed by atoms with Gasteiger partial charge in [-0.2, -0.15) is 0 Å². The fourth-order valence-corrected chi connectivity index (χ4v) is 1.67. The summed E-state index contributed by atoms with van der Waals surface area (Å²) in [6.45, 7) is 5.11. The van der Waals surface area contributed by atoms with Crippen molar-refractivity contribution in [3.05, 3.63) is 34.9 Å². The molecule has 16 heavy (non-hydrogen) atoms. The third-order valence-corrected chi connectivity index (χ3v) is 2.75. The highest BCUT2D eigenvalue weighted by molar-refractivity contribution is 5.35. The van der Waals surface area contributed by atoms with Gasteiger partial charge in [-0.3, -0.25) is 0 Å². The Kier molecular flexibility index (Phi) is 4.03. The Morgan fingerprint density at radius 1 is 1.31 bits per heavy atom. The van der Waals surface area contributed by atoms with Crippen molar-refractivity contribution in [1.29, 1.82) is 0 Å². The van der Waals surface area contributed by atoms with Gasteiger partial charge in [0, 0.05) is 18.6 Å². The molecule has 0 unspecified atom stereocenters. The van der Waals surface area contributed by atoms with E-state index in [1.54, 1.807) is 19.1 Å². The largest absolute Gasteiger partial charge is 0.396 e. The number of aryl methyl sites for hydroxylation is 1. The zero-order chi connectivity index (χ0) is 12.3. The van der Waals surface area contributed by atoms with Gasteiger partial charge in [-0.05, 0) is 30.0 Å². The lowest BCUT2D eigenvalue weighted by Crippen LogP contribution is -2.17. The highest BCUT2D eigenvalue weighted by atomic mass is 19.3. The summed E-state index contributed by atoms with van der Waals surface area (Å²) in [5.74, 6) is -2.71. The van der Waals surface area contributed by atoms with Gasteiger partial charge in [-0.25, -0.2) is 8.78 Å². The number of rotatable bonds is 4. The van der Waals surface area contributed by atoms with Gasteiger partial charge in [-0.15, -0.1) is 0 Å². The maximum absolute atomic E-state index is 13.7. The predicted molar refractivity (Wildman–Crippen MR) is 60.9 cm³/mol. The number of halogens is 2. The van der Waals surface area contributed by atoms with E-state index < -0.39 is 19.0 Å². The quantitative estimate of drug-likeness (QED) is 0.835. The summed E-state index contributed by atoms with van der Waals surface area (Å²) in [6.07, 6.45) is -0.518. The molecule has 3 heteroatoms. The van der Waals surface area contributed by atoms with Gasteiger partial charge in [0.25, 0.3) is 5.92 Å². The molecule has 0 amide bonds. The normalized spacial score (nSPS) is 12.2. The first-order valence-corrected chi connectivity index (χ1v) is 5.48. The zero-order valence-electron chi connectivity index (χ0n) is 9.93. The van der Waals surface area contributed by atoms with Crippen LogP contribution in [-0.4, -0.2) is 11.7 Å². The van der Waals surface area contributed by atoms with Crippen molar-refractivity contribution in [2.45, 2.75) is 39.0 Å². The second kappa shape index (κ2) is 4.91. The summed E-state index contributed by atoms with van der Waals surface area (Å²) in [7, 11) is 0. The van der Waals surface area contributed by atoms with Crippen LogP contribution in [0.25, 0.3) is 0 Å². The molecule has 0 aliphatic carbocycles. The third kappa shape index (κ3) is 2.79. The van der Waals surface area contributed by atoms with E-state index >= 15 is 0 Å². The highest BCUT2D eigenvalue weighted by Gasteiger charge is 2.32. The number of hydrogen-bond acceptors (Lipinski definition) is 1. The van der Waals surface area contributed by atoms with Gasteiger partial charge in [0.05, 0.1) is 0 Å². The number of aliphatic hydroxyl groups excluding tert-OH is 1. The van der Waals surface area contributed by atoms with Crippen LogP contribution in [0, 0.1) is 6.92 Å². The molecule has 0 fully saturated rings. The summed E-state index contributed by atoms with van der Waals surface area (Å²) in [5, 5.41) is 8.65. The lowest BCUT2D eigenvalue weighted by Gasteiger charge is -2.19. The third-order valence-electron chi connectivity index (χ3n) is 2.75. The molecule has 0 bridgehead atoms. The molecule has 1 nitrogen and oxygen atoms in total. The molecule has 1 aromatic carbocycles. The fourth-order valence-electron chi connectivity index (χ4n) is 1.67. The first-order chi connectivity index (χ1) is 7.38. The van der Waals surface area contributed by atoms with Gasteiger partial charge in [-0.1, -0.05) is 26.0 Å². The second-order valence-corrected chi connectivity index (χ2v) is 4.41. The molecule has 0 saturated heterocycles. The molecule has 0 spiro atoms. The number of benzene rings is 1. The molecule has 0 aliphatic heterocycles. The SMILES string of the molecule is Cc1ccc(C(C)C)cc1C(F)(F)CCO. The van der Waals surface area contributed by atoms with E-state index in [1.165, 1.54) is 0 Å². The van der Waals surface area contributed by atoms with Crippen LogP contribution in [0.1, 0.15) is 42.9 Å². The van der Waals surface area contributed by atoms with Crippen LogP contribution >= 0.6 is 0 Å². The first kappa shape index (κ1) is 13.1. The van der Waals surface area contributed by atoms with Gasteiger partial charge in [0.15, 0.2) is 0 Å².